The molecular weight excluding hydrogens is 475 g/mol. The van der Waals surface area contributed by atoms with E-state index in [0.29, 0.717) is 5.56 Å². The lowest BCUT2D eigenvalue weighted by Crippen LogP contribution is -2.37. The van der Waals surface area contributed by atoms with E-state index in [9.17, 15) is 21.2 Å². The minimum atomic E-state index is -4.25. The van der Waals surface area contributed by atoms with Gasteiger partial charge < -0.3 is 9.47 Å². The number of halogens is 1. The van der Waals surface area contributed by atoms with E-state index in [1.54, 1.807) is 30.3 Å². The molecule has 33 heavy (non-hydrogen) atoms. The van der Waals surface area contributed by atoms with Crippen LogP contribution in [-0.4, -0.2) is 51.1 Å². The van der Waals surface area contributed by atoms with Crippen molar-refractivity contribution in [3.63, 3.8) is 0 Å². The molecule has 0 aliphatic carbocycles. The fourth-order valence-corrected chi connectivity index (χ4v) is 5.97. The van der Waals surface area contributed by atoms with Gasteiger partial charge in [-0.05, 0) is 36.8 Å². The van der Waals surface area contributed by atoms with Gasteiger partial charge in [0.1, 0.15) is 23.8 Å². The van der Waals surface area contributed by atoms with E-state index in [-0.39, 0.29) is 39.2 Å². The molecule has 0 aliphatic rings. The molecule has 0 N–H and O–H groups in total. The molecule has 10 nitrogen and oxygen atoms in total. The van der Waals surface area contributed by atoms with Gasteiger partial charge in [0.25, 0.3) is 5.88 Å². The summed E-state index contributed by atoms with van der Waals surface area (Å²) < 4.78 is 74.0. The maximum atomic E-state index is 13.4. The fraction of sp³-hybridized carbons (Fsp3) is 0.250. The third-order valence-corrected chi connectivity index (χ3v) is 8.04. The predicted molar refractivity (Wildman–Crippen MR) is 119 cm³/mol. The third-order valence-electron chi connectivity index (χ3n) is 4.31. The van der Waals surface area contributed by atoms with E-state index >= 15 is 0 Å². The van der Waals surface area contributed by atoms with Gasteiger partial charge in [-0.15, -0.1) is 10.2 Å². The number of hydrogen-bond acceptors (Lipinski definition) is 9. The lowest BCUT2D eigenvalue weighted by molar-refractivity contribution is 0.293. The lowest BCUT2D eigenvalue weighted by Gasteiger charge is -2.22. The Morgan fingerprint density at radius 1 is 1.00 bits per heavy atom. The molecule has 0 radical (unpaired) electrons. The number of benzene rings is 1. The normalized spacial score (nSPS) is 11.8. The summed E-state index contributed by atoms with van der Waals surface area (Å²) in [6.45, 7) is 1.38. The highest BCUT2D eigenvalue weighted by Crippen LogP contribution is 2.33. The van der Waals surface area contributed by atoms with Crippen LogP contribution in [0.5, 0.6) is 11.8 Å². The Balaban J connectivity index is 2.00. The van der Waals surface area contributed by atoms with Crippen LogP contribution in [0.1, 0.15) is 12.5 Å². The lowest BCUT2D eigenvalue weighted by atomic mass is 10.2. The van der Waals surface area contributed by atoms with Crippen LogP contribution in [0.15, 0.2) is 48.5 Å². The van der Waals surface area contributed by atoms with E-state index in [1.807, 2.05) is 0 Å². The summed E-state index contributed by atoms with van der Waals surface area (Å²) in [7, 11) is -7.27. The zero-order valence-corrected chi connectivity index (χ0v) is 19.6. The summed E-state index contributed by atoms with van der Waals surface area (Å²) in [5.74, 6) is -0.962. The molecule has 0 bridgehead atoms. The molecule has 0 amide bonds. The van der Waals surface area contributed by atoms with E-state index in [0.717, 1.165) is 6.26 Å². The number of methoxy groups -OCH3 is 1. The van der Waals surface area contributed by atoms with Gasteiger partial charge in [0.05, 0.1) is 24.8 Å². The first-order valence-electron chi connectivity index (χ1n) is 9.54. The first-order chi connectivity index (χ1) is 15.5. The van der Waals surface area contributed by atoms with E-state index in [4.69, 9.17) is 9.47 Å². The number of anilines is 1. The number of hydrogen-bond donors (Lipinski definition) is 0. The molecule has 13 heteroatoms. The third kappa shape index (κ3) is 5.73. The second kappa shape index (κ2) is 9.67. The van der Waals surface area contributed by atoms with Gasteiger partial charge in [0.15, 0.2) is 0 Å². The number of rotatable bonds is 9. The first kappa shape index (κ1) is 24.3. The zero-order chi connectivity index (χ0) is 24.2. The van der Waals surface area contributed by atoms with Crippen molar-refractivity contribution >= 4 is 25.7 Å². The van der Waals surface area contributed by atoms with Crippen LogP contribution in [0.2, 0.25) is 0 Å². The van der Waals surface area contributed by atoms with Crippen molar-refractivity contribution in [3.05, 3.63) is 59.9 Å². The topological polar surface area (TPSA) is 129 Å². The van der Waals surface area contributed by atoms with Crippen LogP contribution in [-0.2, 0) is 26.7 Å². The van der Waals surface area contributed by atoms with Crippen molar-refractivity contribution in [3.8, 4) is 23.1 Å². The highest BCUT2D eigenvalue weighted by Gasteiger charge is 2.33. The maximum Gasteiger partial charge on any atom is 0.259 e. The van der Waals surface area contributed by atoms with Crippen molar-refractivity contribution in [2.45, 2.75) is 13.5 Å². The van der Waals surface area contributed by atoms with Crippen LogP contribution >= 0.6 is 0 Å². The van der Waals surface area contributed by atoms with Crippen LogP contribution in [0.4, 0.5) is 10.1 Å². The Kier molecular flexibility index (Phi) is 7.12. The van der Waals surface area contributed by atoms with Crippen LogP contribution < -0.4 is 13.2 Å². The smallest absolute Gasteiger partial charge is 0.259 e. The van der Waals surface area contributed by atoms with E-state index in [2.05, 4.69) is 15.2 Å². The first-order valence-corrected chi connectivity index (χ1v) is 13.0. The molecule has 0 fully saturated rings. The SMILES string of the molecule is CCS(=O)(=O)N(c1cc(-c2cccc(OCc3cccc(F)c3)n2)nnc1OC)S(C)(=O)=O. The molecule has 3 aromatic rings. The maximum absolute atomic E-state index is 13.4. The summed E-state index contributed by atoms with van der Waals surface area (Å²) in [5, 5.41) is 7.79. The Bertz CT molecular complexity index is 1370. The standard InChI is InChI=1S/C20H21FN4O6S2/c1-4-33(28,29)25(32(3,26)27)18-12-17(23-24-20(18)30-2)16-9-6-10-19(22-16)31-13-14-7-5-8-15(21)11-14/h5-12H,4,13H2,1-3H3. The highest BCUT2D eigenvalue weighted by molar-refractivity contribution is 8.09. The zero-order valence-electron chi connectivity index (χ0n) is 18.0. The molecular formula is C20H21FN4O6S2. The molecule has 2 heterocycles. The summed E-state index contributed by atoms with van der Waals surface area (Å²) >= 11 is 0. The summed E-state index contributed by atoms with van der Waals surface area (Å²) in [6.07, 6.45) is 0.763. The largest absolute Gasteiger partial charge is 0.478 e. The van der Waals surface area contributed by atoms with Gasteiger partial charge in [-0.3, -0.25) is 0 Å². The number of ether oxygens (including phenoxy) is 2. The molecule has 0 unspecified atom stereocenters. The van der Waals surface area contributed by atoms with Crippen molar-refractivity contribution in [1.29, 1.82) is 0 Å². The molecule has 0 spiro atoms. The summed E-state index contributed by atoms with van der Waals surface area (Å²) in [5.41, 5.74) is 0.606. The van der Waals surface area contributed by atoms with Gasteiger partial charge in [-0.1, -0.05) is 18.2 Å². The Morgan fingerprint density at radius 2 is 1.73 bits per heavy atom. The molecule has 0 saturated carbocycles. The minimum absolute atomic E-state index is 0.0599. The molecule has 0 atom stereocenters. The van der Waals surface area contributed by atoms with Crippen molar-refractivity contribution in [2.24, 2.45) is 0 Å². The molecule has 0 saturated heterocycles. The average Bonchev–Trinajstić information content (AvgIpc) is 2.77. The quantitative estimate of drug-likeness (QED) is 0.438. The Hall–Kier alpha value is -3.32. The summed E-state index contributed by atoms with van der Waals surface area (Å²) in [6, 6.07) is 11.9. The Labute approximate surface area is 191 Å². The predicted octanol–water partition coefficient (Wildman–Crippen LogP) is 2.38. The molecule has 0 aliphatic heterocycles. The van der Waals surface area contributed by atoms with Crippen LogP contribution in [0, 0.1) is 5.82 Å². The monoisotopic (exact) mass is 496 g/mol. The van der Waals surface area contributed by atoms with Gasteiger partial charge in [0, 0.05) is 6.07 Å². The molecule has 176 valence electrons. The summed E-state index contributed by atoms with van der Waals surface area (Å²) in [4.78, 5) is 4.30. The Morgan fingerprint density at radius 3 is 2.36 bits per heavy atom. The van der Waals surface area contributed by atoms with Crippen LogP contribution in [0.25, 0.3) is 11.4 Å². The fourth-order valence-electron chi connectivity index (χ4n) is 2.85. The van der Waals surface area contributed by atoms with Gasteiger partial charge in [-0.25, -0.2) is 26.2 Å². The van der Waals surface area contributed by atoms with Crippen molar-refractivity contribution in [2.75, 3.05) is 22.8 Å². The van der Waals surface area contributed by atoms with Crippen molar-refractivity contribution < 1.29 is 30.7 Å². The van der Waals surface area contributed by atoms with E-state index < -0.39 is 31.6 Å². The molecule has 1 aromatic carbocycles. The molecule has 2 aromatic heterocycles. The number of aromatic nitrogens is 3. The average molecular weight is 497 g/mol. The van der Waals surface area contributed by atoms with Crippen molar-refractivity contribution in [1.82, 2.24) is 15.2 Å². The van der Waals surface area contributed by atoms with Gasteiger partial charge in [-0.2, -0.15) is 3.71 Å². The van der Waals surface area contributed by atoms with Gasteiger partial charge in [0.2, 0.25) is 25.9 Å². The second-order valence-electron chi connectivity index (χ2n) is 6.76. The highest BCUT2D eigenvalue weighted by atomic mass is 32.3. The van der Waals surface area contributed by atoms with Gasteiger partial charge >= 0.3 is 0 Å². The number of pyridine rings is 1. The van der Waals surface area contributed by atoms with E-state index in [1.165, 1.54) is 32.2 Å². The molecule has 3 rings (SSSR count). The minimum Gasteiger partial charge on any atom is -0.478 e. The van der Waals surface area contributed by atoms with Crippen LogP contribution in [0.3, 0.4) is 0 Å². The number of nitrogens with zero attached hydrogens (tertiary/aromatic N) is 4. The number of sulfonamides is 2. The second-order valence-corrected chi connectivity index (χ2v) is 10.9.